The first-order valence-electron chi connectivity index (χ1n) is 13.4. The monoisotopic (exact) mass is 986 g/mol. The summed E-state index contributed by atoms with van der Waals surface area (Å²) in [7, 11) is 0. The Kier molecular flexibility index (Phi) is 8.59. The summed E-state index contributed by atoms with van der Waals surface area (Å²) in [4.78, 5) is 0. The van der Waals surface area contributed by atoms with Crippen molar-refractivity contribution in [1.29, 1.82) is 0 Å². The van der Waals surface area contributed by atoms with Crippen molar-refractivity contribution in [2.75, 3.05) is 0 Å². The van der Waals surface area contributed by atoms with Gasteiger partial charge in [0.1, 0.15) is 0 Å². The molecule has 354 valence electrons. The Morgan fingerprint density at radius 1 is 0.167 bits per heavy atom. The van der Waals surface area contributed by atoms with E-state index in [1.165, 1.54) is 0 Å². The van der Waals surface area contributed by atoms with E-state index < -0.39 is 129 Å². The second-order valence-corrected chi connectivity index (χ2v) is 13.2. The summed E-state index contributed by atoms with van der Waals surface area (Å²) in [5, 5.41) is 0. The van der Waals surface area contributed by atoms with Crippen LogP contribution in [0.4, 0.5) is 167 Å². The van der Waals surface area contributed by atoms with Crippen LogP contribution < -0.4 is 0 Å². The molecule has 0 N–H and O–H groups in total. The molecular formula is C22F38. The Bertz CT molecular complexity index is 1680. The van der Waals surface area contributed by atoms with Gasteiger partial charge >= 0.3 is 101 Å². The molecule has 6 aliphatic rings. The number of rotatable bonds is 0. The lowest BCUT2D eigenvalue weighted by atomic mass is 9.33. The van der Waals surface area contributed by atoms with Crippen LogP contribution >= 0.6 is 0 Å². The minimum atomic E-state index is -8.99. The molecule has 0 radical (unpaired) electrons. The molecule has 3 atom stereocenters. The third kappa shape index (κ3) is 3.31. The SMILES string of the molecule is FC(F)(F)C1(F)C2(F)C(F)(F)C3(F)C(F)(F)C(F)(C2(F)F)C(F)(F)C1(C(F)(F)F)C3(F)F.FC1(F)C(F)(F)C(F)(F)C2(F)C(F)(F)C(F)(F)C(F)(F)C(F)(F)C2(F)C1(F)F. The summed E-state index contributed by atoms with van der Waals surface area (Å²) < 4.78 is 520. The smallest absolute Gasteiger partial charge is 0.228 e. The molecule has 0 aromatic heterocycles. The summed E-state index contributed by atoms with van der Waals surface area (Å²) in [5.41, 5.74) is -60.9. The molecule has 3 unspecified atom stereocenters. The maximum Gasteiger partial charge on any atom is 0.427 e. The maximum absolute atomic E-state index is 14.8. The molecule has 0 saturated heterocycles. The summed E-state index contributed by atoms with van der Waals surface area (Å²) in [5.74, 6) is -110. The van der Waals surface area contributed by atoms with Crippen LogP contribution in [0.3, 0.4) is 0 Å². The van der Waals surface area contributed by atoms with Crippen LogP contribution in [0.15, 0.2) is 0 Å². The molecular weight excluding hydrogens is 986 g/mol. The van der Waals surface area contributed by atoms with Crippen LogP contribution in [0.1, 0.15) is 0 Å². The highest BCUT2D eigenvalue weighted by Gasteiger charge is 3.26. The molecule has 6 saturated carbocycles. The highest BCUT2D eigenvalue weighted by molar-refractivity contribution is 5.56. The first-order chi connectivity index (χ1) is 25.2. The Hall–Kier alpha value is -2.66. The fraction of sp³-hybridized carbons (Fsp3) is 1.00. The summed E-state index contributed by atoms with van der Waals surface area (Å²) in [6, 6.07) is 0. The van der Waals surface area contributed by atoms with Crippen molar-refractivity contribution >= 4 is 0 Å². The number of hydrogen-bond acceptors (Lipinski definition) is 0. The van der Waals surface area contributed by atoms with Crippen LogP contribution in [-0.2, 0) is 0 Å². The zero-order valence-electron chi connectivity index (χ0n) is 25.4. The topological polar surface area (TPSA) is 0 Å². The molecule has 0 aliphatic heterocycles. The van der Waals surface area contributed by atoms with Crippen molar-refractivity contribution < 1.29 is 167 Å². The van der Waals surface area contributed by atoms with E-state index in [2.05, 4.69) is 0 Å². The van der Waals surface area contributed by atoms with Gasteiger partial charge in [0.05, 0.1) is 0 Å². The van der Waals surface area contributed by atoms with Crippen LogP contribution in [0.5, 0.6) is 0 Å². The molecule has 0 amide bonds. The Balaban J connectivity index is 0.000000267. The van der Waals surface area contributed by atoms with E-state index >= 15 is 0 Å². The fourth-order valence-corrected chi connectivity index (χ4v) is 7.80. The van der Waals surface area contributed by atoms with Crippen molar-refractivity contribution in [2.24, 2.45) is 5.41 Å². The zero-order chi connectivity index (χ0) is 49.0. The van der Waals surface area contributed by atoms with Crippen molar-refractivity contribution in [3.05, 3.63) is 0 Å². The van der Waals surface area contributed by atoms with Gasteiger partial charge in [0, 0.05) is 0 Å². The van der Waals surface area contributed by atoms with E-state index in [0.717, 1.165) is 0 Å². The molecule has 60 heavy (non-hydrogen) atoms. The molecule has 0 spiro atoms. The lowest BCUT2D eigenvalue weighted by molar-refractivity contribution is -0.637. The van der Waals surface area contributed by atoms with E-state index in [-0.39, 0.29) is 0 Å². The lowest BCUT2D eigenvalue weighted by Crippen LogP contribution is -3.10. The quantitative estimate of drug-likeness (QED) is 0.212. The maximum atomic E-state index is 14.8. The second kappa shape index (κ2) is 10.3. The molecule has 6 rings (SSSR count). The normalized spacial score (nSPS) is 46.7. The first-order valence-corrected chi connectivity index (χ1v) is 13.4. The molecule has 6 aliphatic carbocycles. The minimum absolute atomic E-state index is 8.23. The zero-order valence-corrected chi connectivity index (χ0v) is 25.4. The van der Waals surface area contributed by atoms with E-state index in [1.54, 1.807) is 0 Å². The van der Waals surface area contributed by atoms with Gasteiger partial charge in [-0.15, -0.1) is 0 Å². The minimum Gasteiger partial charge on any atom is -0.228 e. The van der Waals surface area contributed by atoms with Gasteiger partial charge in [-0.3, -0.25) is 0 Å². The third-order valence-corrected chi connectivity index (χ3v) is 10.8. The standard InChI is InChI=1S/C12F20.C10F18/c13-2(12(30,31)32)1(11(27,28)29)6(17,18)4(15)8(21,22)3(2,14)9(23,24)5(16,7(1,19)20)10(4,25)26;11-1-2(12,5(17,18)9(25,26)7(21,22)3(1,13)14)6(19,20)10(27,28)8(23,24)4(1,15)16. The summed E-state index contributed by atoms with van der Waals surface area (Å²) >= 11 is 0. The van der Waals surface area contributed by atoms with E-state index in [9.17, 15) is 167 Å². The van der Waals surface area contributed by atoms with Crippen LogP contribution in [0.2, 0.25) is 0 Å². The van der Waals surface area contributed by atoms with Gasteiger partial charge in [-0.2, -0.15) is 123 Å². The van der Waals surface area contributed by atoms with Crippen molar-refractivity contribution in [3.63, 3.8) is 0 Å². The highest BCUT2D eigenvalue weighted by Crippen LogP contribution is 2.94. The van der Waals surface area contributed by atoms with Crippen molar-refractivity contribution in [1.82, 2.24) is 0 Å². The molecule has 38 heteroatoms. The summed E-state index contributed by atoms with van der Waals surface area (Å²) in [6.07, 6.45) is -17.3. The van der Waals surface area contributed by atoms with Crippen LogP contribution in [0.25, 0.3) is 0 Å². The first kappa shape index (κ1) is 50.0. The second-order valence-electron chi connectivity index (χ2n) is 13.2. The van der Waals surface area contributed by atoms with Gasteiger partial charge < -0.3 is 0 Å². The molecule has 4 bridgehead atoms. The molecule has 0 nitrogen and oxygen atoms in total. The van der Waals surface area contributed by atoms with Gasteiger partial charge in [0.25, 0.3) is 22.7 Å². The number of fused-ring (bicyclic) bond motifs is 1. The van der Waals surface area contributed by atoms with Crippen LogP contribution in [0, 0.1) is 5.41 Å². The number of halogens is 38. The average molecular weight is 986 g/mol. The molecule has 6 fully saturated rings. The Morgan fingerprint density at radius 2 is 0.350 bits per heavy atom. The number of hydrogen-bond donors (Lipinski definition) is 0. The average Bonchev–Trinajstić information content (AvgIpc) is 3.01. The van der Waals surface area contributed by atoms with Crippen molar-refractivity contribution in [3.8, 4) is 0 Å². The number of alkyl halides is 38. The lowest BCUT2D eigenvalue weighted by Gasteiger charge is -2.76. The van der Waals surface area contributed by atoms with Gasteiger partial charge in [-0.1, -0.05) is 0 Å². The van der Waals surface area contributed by atoms with Gasteiger partial charge in [-0.25, -0.2) is 43.9 Å². The van der Waals surface area contributed by atoms with Gasteiger partial charge in [0.2, 0.25) is 5.41 Å². The van der Waals surface area contributed by atoms with Gasteiger partial charge in [-0.05, 0) is 0 Å². The van der Waals surface area contributed by atoms with Gasteiger partial charge in [0.15, 0.2) is 0 Å². The van der Waals surface area contributed by atoms with E-state index in [4.69, 9.17) is 0 Å². The predicted molar refractivity (Wildman–Crippen MR) is 102 cm³/mol. The van der Waals surface area contributed by atoms with Crippen molar-refractivity contribution in [2.45, 2.75) is 123 Å². The molecule has 0 heterocycles. The Morgan fingerprint density at radius 3 is 0.517 bits per heavy atom. The third-order valence-electron chi connectivity index (χ3n) is 10.8. The molecule has 0 aromatic rings. The summed E-state index contributed by atoms with van der Waals surface area (Å²) in [6.45, 7) is 0. The fourth-order valence-electron chi connectivity index (χ4n) is 7.80. The largest absolute Gasteiger partial charge is 0.427 e. The van der Waals surface area contributed by atoms with Crippen LogP contribution in [-0.4, -0.2) is 123 Å². The van der Waals surface area contributed by atoms with E-state index in [1.807, 2.05) is 0 Å². The van der Waals surface area contributed by atoms with E-state index in [0.29, 0.717) is 0 Å². The predicted octanol–water partition coefficient (Wildman–Crippen LogP) is 11.7. The molecule has 0 aromatic carbocycles. The Labute approximate surface area is 297 Å². The highest BCUT2D eigenvalue weighted by atomic mass is 19.4.